The molecular formula is C9H14F3NO4. The Morgan fingerprint density at radius 1 is 1.24 bits per heavy atom. The van der Waals surface area contributed by atoms with Crippen LogP contribution in [0.1, 0.15) is 19.8 Å². The van der Waals surface area contributed by atoms with Gasteiger partial charge in [0.1, 0.15) is 0 Å². The number of esters is 1. The molecule has 8 heteroatoms. The lowest BCUT2D eigenvalue weighted by Crippen LogP contribution is -2.29. The number of hydrogen-bond acceptors (Lipinski definition) is 4. The zero-order valence-electron chi connectivity index (χ0n) is 9.30. The first-order valence-corrected chi connectivity index (χ1v) is 4.98. The number of ether oxygens (including phenoxy) is 2. The van der Waals surface area contributed by atoms with E-state index >= 15 is 0 Å². The molecular weight excluding hydrogens is 243 g/mol. The number of halogens is 3. The minimum absolute atomic E-state index is 0.0511. The Kier molecular flexibility index (Phi) is 7.08. The number of amides is 1. The van der Waals surface area contributed by atoms with Gasteiger partial charge in [0.15, 0.2) is 6.61 Å². The number of nitrogens with one attached hydrogen (secondary N) is 1. The van der Waals surface area contributed by atoms with Crippen molar-refractivity contribution in [2.24, 2.45) is 0 Å². The summed E-state index contributed by atoms with van der Waals surface area (Å²) < 4.78 is 43.4. The topological polar surface area (TPSA) is 64.6 Å². The quantitative estimate of drug-likeness (QED) is 0.580. The largest absolute Gasteiger partial charge is 0.466 e. The van der Waals surface area contributed by atoms with E-state index in [4.69, 9.17) is 0 Å². The molecule has 0 bridgehead atoms. The minimum atomic E-state index is -4.54. The molecule has 0 aromatic heterocycles. The van der Waals surface area contributed by atoms with Crippen LogP contribution in [-0.2, 0) is 14.3 Å². The second-order valence-electron chi connectivity index (χ2n) is 3.03. The van der Waals surface area contributed by atoms with Gasteiger partial charge in [-0.05, 0) is 13.3 Å². The Morgan fingerprint density at radius 2 is 1.88 bits per heavy atom. The molecule has 5 nitrogen and oxygen atoms in total. The number of carbonyl (C=O) groups is 2. The van der Waals surface area contributed by atoms with Crippen LogP contribution in [0.25, 0.3) is 0 Å². The number of alkyl carbamates (subject to hydrolysis) is 1. The van der Waals surface area contributed by atoms with E-state index in [0.717, 1.165) is 0 Å². The molecule has 0 aromatic rings. The van der Waals surface area contributed by atoms with Gasteiger partial charge in [0.05, 0.1) is 6.61 Å². The summed E-state index contributed by atoms with van der Waals surface area (Å²) >= 11 is 0. The Labute approximate surface area is 96.3 Å². The molecule has 0 saturated heterocycles. The summed E-state index contributed by atoms with van der Waals surface area (Å²) in [7, 11) is 0. The molecule has 0 aliphatic rings. The van der Waals surface area contributed by atoms with Crippen molar-refractivity contribution in [2.75, 3.05) is 19.8 Å². The smallest absolute Gasteiger partial charge is 0.422 e. The van der Waals surface area contributed by atoms with E-state index in [1.54, 1.807) is 6.92 Å². The maximum atomic E-state index is 11.6. The summed E-state index contributed by atoms with van der Waals surface area (Å²) in [5.74, 6) is -0.419. The Morgan fingerprint density at radius 3 is 2.41 bits per heavy atom. The Balaban J connectivity index is 3.49. The van der Waals surface area contributed by atoms with Crippen LogP contribution in [0, 0.1) is 0 Å². The van der Waals surface area contributed by atoms with Crippen molar-refractivity contribution >= 4 is 12.1 Å². The summed E-state index contributed by atoms with van der Waals surface area (Å²) in [6, 6.07) is 0. The highest BCUT2D eigenvalue weighted by atomic mass is 19.4. The Bertz CT molecular complexity index is 255. The van der Waals surface area contributed by atoms with Crippen LogP contribution < -0.4 is 5.32 Å². The van der Waals surface area contributed by atoms with Crippen molar-refractivity contribution in [2.45, 2.75) is 25.9 Å². The van der Waals surface area contributed by atoms with Gasteiger partial charge in [0.25, 0.3) is 0 Å². The third kappa shape index (κ3) is 10.8. The van der Waals surface area contributed by atoms with Crippen molar-refractivity contribution in [3.63, 3.8) is 0 Å². The van der Waals surface area contributed by atoms with E-state index in [-0.39, 0.29) is 26.0 Å². The monoisotopic (exact) mass is 257 g/mol. The molecule has 0 radical (unpaired) electrons. The lowest BCUT2D eigenvalue weighted by molar-refractivity contribution is -0.160. The second-order valence-corrected chi connectivity index (χ2v) is 3.03. The lowest BCUT2D eigenvalue weighted by Gasteiger charge is -2.08. The predicted octanol–water partition coefficient (Wildman–Crippen LogP) is 1.62. The van der Waals surface area contributed by atoms with Gasteiger partial charge < -0.3 is 14.8 Å². The van der Waals surface area contributed by atoms with Crippen LogP contribution in [0.15, 0.2) is 0 Å². The zero-order chi connectivity index (χ0) is 13.3. The maximum absolute atomic E-state index is 11.6. The van der Waals surface area contributed by atoms with Crippen molar-refractivity contribution in [3.8, 4) is 0 Å². The fraction of sp³-hybridized carbons (Fsp3) is 0.778. The van der Waals surface area contributed by atoms with Gasteiger partial charge in [0.2, 0.25) is 0 Å². The second kappa shape index (κ2) is 7.75. The third-order valence-corrected chi connectivity index (χ3v) is 1.50. The van der Waals surface area contributed by atoms with Crippen molar-refractivity contribution < 1.29 is 32.2 Å². The summed E-state index contributed by atoms with van der Waals surface area (Å²) in [6.45, 7) is 0.344. The van der Waals surface area contributed by atoms with Crippen molar-refractivity contribution in [1.82, 2.24) is 5.32 Å². The van der Waals surface area contributed by atoms with Gasteiger partial charge in [-0.2, -0.15) is 13.2 Å². The van der Waals surface area contributed by atoms with Gasteiger partial charge in [-0.25, -0.2) is 4.79 Å². The van der Waals surface area contributed by atoms with E-state index in [1.165, 1.54) is 0 Å². The lowest BCUT2D eigenvalue weighted by atomic mass is 10.3. The minimum Gasteiger partial charge on any atom is -0.466 e. The highest BCUT2D eigenvalue weighted by Crippen LogP contribution is 2.14. The molecule has 0 saturated carbocycles. The van der Waals surface area contributed by atoms with E-state index in [9.17, 15) is 22.8 Å². The molecule has 0 aliphatic carbocycles. The van der Waals surface area contributed by atoms with Crippen LogP contribution >= 0.6 is 0 Å². The average Bonchev–Trinajstić information content (AvgIpc) is 2.21. The molecule has 0 spiro atoms. The van der Waals surface area contributed by atoms with Crippen LogP contribution in [0.4, 0.5) is 18.0 Å². The molecule has 1 N–H and O–H groups in total. The fourth-order valence-electron chi connectivity index (χ4n) is 0.855. The molecule has 0 fully saturated rings. The van der Waals surface area contributed by atoms with E-state index in [1.807, 2.05) is 0 Å². The standard InChI is InChI=1S/C9H14F3NO4/c1-2-16-7(14)4-3-5-13-8(15)17-6-9(10,11)12/h2-6H2,1H3,(H,13,15). The van der Waals surface area contributed by atoms with E-state index < -0.39 is 24.8 Å². The predicted molar refractivity (Wildman–Crippen MR) is 51.3 cm³/mol. The average molecular weight is 257 g/mol. The fourth-order valence-corrected chi connectivity index (χ4v) is 0.855. The highest BCUT2D eigenvalue weighted by Gasteiger charge is 2.29. The van der Waals surface area contributed by atoms with Gasteiger partial charge in [-0.1, -0.05) is 0 Å². The number of hydrogen-bond donors (Lipinski definition) is 1. The van der Waals surface area contributed by atoms with Crippen LogP contribution in [0.2, 0.25) is 0 Å². The van der Waals surface area contributed by atoms with Gasteiger partial charge >= 0.3 is 18.2 Å². The zero-order valence-corrected chi connectivity index (χ0v) is 9.30. The summed E-state index contributed by atoms with van der Waals surface area (Å²) in [5.41, 5.74) is 0. The van der Waals surface area contributed by atoms with Gasteiger partial charge in [-0.15, -0.1) is 0 Å². The molecule has 0 unspecified atom stereocenters. The molecule has 100 valence electrons. The normalized spacial score (nSPS) is 10.8. The van der Waals surface area contributed by atoms with E-state index in [0.29, 0.717) is 0 Å². The Hall–Kier alpha value is -1.47. The van der Waals surface area contributed by atoms with Gasteiger partial charge in [0, 0.05) is 13.0 Å². The summed E-state index contributed by atoms with van der Waals surface area (Å²) in [6.07, 6.45) is -5.33. The molecule has 0 heterocycles. The number of alkyl halides is 3. The highest BCUT2D eigenvalue weighted by molar-refractivity contribution is 5.69. The number of carbonyl (C=O) groups excluding carboxylic acids is 2. The summed E-state index contributed by atoms with van der Waals surface area (Å²) in [5, 5.41) is 2.08. The molecule has 17 heavy (non-hydrogen) atoms. The molecule has 0 atom stereocenters. The van der Waals surface area contributed by atoms with Gasteiger partial charge in [-0.3, -0.25) is 4.79 Å². The molecule has 1 amide bonds. The van der Waals surface area contributed by atoms with E-state index in [2.05, 4.69) is 14.8 Å². The SMILES string of the molecule is CCOC(=O)CCCNC(=O)OCC(F)(F)F. The van der Waals surface area contributed by atoms with Crippen molar-refractivity contribution in [1.29, 1.82) is 0 Å². The molecule has 0 rings (SSSR count). The first-order valence-electron chi connectivity index (χ1n) is 4.98. The first kappa shape index (κ1) is 15.5. The summed E-state index contributed by atoms with van der Waals surface area (Å²) in [4.78, 5) is 21.5. The van der Waals surface area contributed by atoms with Crippen LogP contribution in [-0.4, -0.2) is 38.0 Å². The van der Waals surface area contributed by atoms with Crippen LogP contribution in [0.5, 0.6) is 0 Å². The third-order valence-electron chi connectivity index (χ3n) is 1.50. The molecule has 0 aliphatic heterocycles. The first-order chi connectivity index (χ1) is 7.85. The van der Waals surface area contributed by atoms with Crippen molar-refractivity contribution in [3.05, 3.63) is 0 Å². The van der Waals surface area contributed by atoms with Crippen LogP contribution in [0.3, 0.4) is 0 Å². The maximum Gasteiger partial charge on any atom is 0.422 e. The number of rotatable bonds is 6. The molecule has 0 aromatic carbocycles.